The molecular formula is C13H10ClN2+. The Morgan fingerprint density at radius 1 is 1.00 bits per heavy atom. The predicted octanol–water partition coefficient (Wildman–Crippen LogP) is 2.87. The van der Waals surface area contributed by atoms with Crippen molar-refractivity contribution in [2.45, 2.75) is 0 Å². The smallest absolute Gasteiger partial charge is 0.232 e. The Morgan fingerprint density at radius 3 is 2.62 bits per heavy atom. The van der Waals surface area contributed by atoms with Gasteiger partial charge in [-0.2, -0.15) is 4.57 Å². The lowest BCUT2D eigenvalue weighted by molar-refractivity contribution is -0.617. The van der Waals surface area contributed by atoms with E-state index in [1.165, 1.54) is 0 Å². The van der Waals surface area contributed by atoms with Crippen molar-refractivity contribution in [1.29, 1.82) is 0 Å². The van der Waals surface area contributed by atoms with E-state index in [0.29, 0.717) is 5.02 Å². The van der Waals surface area contributed by atoms with Crippen LogP contribution in [0, 0.1) is 0 Å². The molecule has 16 heavy (non-hydrogen) atoms. The summed E-state index contributed by atoms with van der Waals surface area (Å²) in [7, 11) is 2.03. The van der Waals surface area contributed by atoms with Crippen LogP contribution >= 0.6 is 11.6 Å². The summed E-state index contributed by atoms with van der Waals surface area (Å²) >= 11 is 6.15. The molecule has 0 aliphatic rings. The van der Waals surface area contributed by atoms with E-state index in [0.717, 1.165) is 22.1 Å². The van der Waals surface area contributed by atoms with Crippen molar-refractivity contribution in [1.82, 2.24) is 4.98 Å². The molecule has 0 saturated carbocycles. The molecule has 3 heteroatoms. The normalized spacial score (nSPS) is 11.1. The lowest BCUT2D eigenvalue weighted by Gasteiger charge is -2.01. The first-order valence-electron chi connectivity index (χ1n) is 5.10. The minimum atomic E-state index is 0.693. The van der Waals surface area contributed by atoms with Crippen LogP contribution in [0.25, 0.3) is 22.1 Å². The van der Waals surface area contributed by atoms with E-state index in [-0.39, 0.29) is 0 Å². The van der Waals surface area contributed by atoms with E-state index in [9.17, 15) is 0 Å². The second-order valence-corrected chi connectivity index (χ2v) is 4.17. The molecule has 0 spiro atoms. The van der Waals surface area contributed by atoms with Crippen LogP contribution in [0.5, 0.6) is 0 Å². The van der Waals surface area contributed by atoms with Crippen LogP contribution in [0.2, 0.25) is 5.02 Å². The maximum absolute atomic E-state index is 6.15. The van der Waals surface area contributed by atoms with Crippen LogP contribution in [0.3, 0.4) is 0 Å². The molecule has 0 aliphatic carbocycles. The molecule has 3 aromatic rings. The third kappa shape index (κ3) is 1.27. The summed E-state index contributed by atoms with van der Waals surface area (Å²) in [5.74, 6) is 0. The molecule has 2 aromatic carbocycles. The number of nitrogens with zero attached hydrogens (tertiary/aromatic N) is 2. The van der Waals surface area contributed by atoms with Gasteiger partial charge in [0.05, 0.1) is 5.02 Å². The molecule has 0 radical (unpaired) electrons. The van der Waals surface area contributed by atoms with Gasteiger partial charge in [0.1, 0.15) is 12.6 Å². The zero-order valence-electron chi connectivity index (χ0n) is 8.81. The molecule has 0 fully saturated rings. The fourth-order valence-corrected chi connectivity index (χ4v) is 2.19. The van der Waals surface area contributed by atoms with E-state index < -0.39 is 0 Å². The first kappa shape index (κ1) is 9.55. The SMILES string of the molecule is C[n+]1c2ccccc2nc2c(Cl)cccc21. The Morgan fingerprint density at radius 2 is 1.75 bits per heavy atom. The molecule has 0 amide bonds. The number of benzene rings is 2. The number of halogens is 1. The highest BCUT2D eigenvalue weighted by molar-refractivity contribution is 6.34. The maximum atomic E-state index is 6.15. The third-order valence-corrected chi connectivity index (χ3v) is 3.11. The predicted molar refractivity (Wildman–Crippen MR) is 65.4 cm³/mol. The number of fused-ring (bicyclic) bond motifs is 2. The first-order chi connectivity index (χ1) is 7.77. The van der Waals surface area contributed by atoms with E-state index in [1.54, 1.807) is 0 Å². The van der Waals surface area contributed by atoms with Gasteiger partial charge in [0.25, 0.3) is 0 Å². The van der Waals surface area contributed by atoms with Gasteiger partial charge in [0.2, 0.25) is 11.0 Å². The van der Waals surface area contributed by atoms with Crippen molar-refractivity contribution in [2.24, 2.45) is 7.05 Å². The van der Waals surface area contributed by atoms with Crippen LogP contribution in [-0.4, -0.2) is 4.98 Å². The van der Waals surface area contributed by atoms with E-state index in [4.69, 9.17) is 11.6 Å². The van der Waals surface area contributed by atoms with Gasteiger partial charge in [-0.05, 0) is 12.1 Å². The van der Waals surface area contributed by atoms with Gasteiger partial charge < -0.3 is 0 Å². The Kier molecular flexibility index (Phi) is 2.04. The summed E-state index contributed by atoms with van der Waals surface area (Å²) in [5, 5.41) is 0.693. The average Bonchev–Trinajstić information content (AvgIpc) is 2.31. The number of hydrogen-bond donors (Lipinski definition) is 0. The molecule has 0 atom stereocenters. The first-order valence-corrected chi connectivity index (χ1v) is 5.48. The van der Waals surface area contributed by atoms with Gasteiger partial charge in [-0.15, -0.1) is 0 Å². The Bertz CT molecular complexity index is 692. The molecule has 0 aliphatic heterocycles. The lowest BCUT2D eigenvalue weighted by atomic mass is 10.2. The zero-order chi connectivity index (χ0) is 11.1. The minimum absolute atomic E-state index is 0.693. The fourth-order valence-electron chi connectivity index (χ4n) is 1.98. The van der Waals surface area contributed by atoms with E-state index in [1.807, 2.05) is 43.4 Å². The molecule has 1 aromatic heterocycles. The van der Waals surface area contributed by atoms with Gasteiger partial charge in [0.15, 0.2) is 5.52 Å². The van der Waals surface area contributed by atoms with E-state index >= 15 is 0 Å². The highest BCUT2D eigenvalue weighted by atomic mass is 35.5. The molecule has 0 bridgehead atoms. The Balaban J connectivity index is 2.61. The average molecular weight is 230 g/mol. The van der Waals surface area contributed by atoms with Gasteiger partial charge in [-0.3, -0.25) is 0 Å². The molecule has 3 rings (SSSR count). The highest BCUT2D eigenvalue weighted by Gasteiger charge is 2.13. The topological polar surface area (TPSA) is 16.8 Å². The summed E-state index contributed by atoms with van der Waals surface area (Å²) in [5.41, 5.74) is 3.97. The van der Waals surface area contributed by atoms with Gasteiger partial charge in [0, 0.05) is 12.1 Å². The summed E-state index contributed by atoms with van der Waals surface area (Å²) in [6.07, 6.45) is 0. The van der Waals surface area contributed by atoms with Crippen LogP contribution in [0.1, 0.15) is 0 Å². The van der Waals surface area contributed by atoms with Crippen molar-refractivity contribution in [3.8, 4) is 0 Å². The number of hydrogen-bond acceptors (Lipinski definition) is 1. The molecule has 0 unspecified atom stereocenters. The summed E-state index contributed by atoms with van der Waals surface area (Å²) in [4.78, 5) is 4.59. The summed E-state index contributed by atoms with van der Waals surface area (Å²) in [6.45, 7) is 0. The third-order valence-electron chi connectivity index (χ3n) is 2.80. The Labute approximate surface area is 98.1 Å². The second kappa shape index (κ2) is 3.42. The summed E-state index contributed by atoms with van der Waals surface area (Å²) < 4.78 is 2.11. The number of aryl methyl sites for hydroxylation is 1. The molecular weight excluding hydrogens is 220 g/mol. The molecule has 78 valence electrons. The van der Waals surface area contributed by atoms with Crippen molar-refractivity contribution in [3.63, 3.8) is 0 Å². The minimum Gasteiger partial charge on any atom is -0.233 e. The van der Waals surface area contributed by atoms with Crippen molar-refractivity contribution < 1.29 is 4.57 Å². The van der Waals surface area contributed by atoms with Crippen LogP contribution in [0.15, 0.2) is 42.5 Å². The fraction of sp³-hybridized carbons (Fsp3) is 0.0769. The van der Waals surface area contributed by atoms with Gasteiger partial charge in [-0.1, -0.05) is 29.8 Å². The molecule has 1 heterocycles. The maximum Gasteiger partial charge on any atom is 0.232 e. The number of para-hydroxylation sites is 3. The number of rotatable bonds is 0. The second-order valence-electron chi connectivity index (χ2n) is 3.77. The largest absolute Gasteiger partial charge is 0.233 e. The van der Waals surface area contributed by atoms with Crippen molar-refractivity contribution in [2.75, 3.05) is 0 Å². The highest BCUT2D eigenvalue weighted by Crippen LogP contribution is 2.20. The zero-order valence-corrected chi connectivity index (χ0v) is 9.57. The standard InChI is InChI=1S/C13H10ClN2/c1-16-11-7-3-2-6-10(11)15-13-9(14)5-4-8-12(13)16/h2-8H,1H3/q+1. The van der Waals surface area contributed by atoms with Gasteiger partial charge >= 0.3 is 0 Å². The van der Waals surface area contributed by atoms with Crippen LogP contribution in [-0.2, 0) is 7.05 Å². The van der Waals surface area contributed by atoms with Crippen molar-refractivity contribution in [3.05, 3.63) is 47.5 Å². The molecule has 2 nitrogen and oxygen atoms in total. The van der Waals surface area contributed by atoms with Crippen molar-refractivity contribution >= 4 is 33.7 Å². The Hall–Kier alpha value is -1.67. The quantitative estimate of drug-likeness (QED) is 0.428. The van der Waals surface area contributed by atoms with Gasteiger partial charge in [-0.25, -0.2) is 4.98 Å². The van der Waals surface area contributed by atoms with Crippen LogP contribution in [0.4, 0.5) is 0 Å². The lowest BCUT2D eigenvalue weighted by Crippen LogP contribution is -2.30. The van der Waals surface area contributed by atoms with E-state index in [2.05, 4.69) is 15.6 Å². The molecule has 0 N–H and O–H groups in total. The summed E-state index contributed by atoms with van der Waals surface area (Å²) in [6, 6.07) is 13.9. The van der Waals surface area contributed by atoms with Crippen LogP contribution < -0.4 is 4.57 Å². The molecule has 0 saturated heterocycles. The number of aromatic nitrogens is 2. The monoisotopic (exact) mass is 229 g/mol.